The Bertz CT molecular complexity index is 413. The molecule has 0 aliphatic heterocycles. The van der Waals surface area contributed by atoms with Crippen molar-refractivity contribution in [1.82, 2.24) is 0 Å². The van der Waals surface area contributed by atoms with Crippen molar-refractivity contribution in [2.45, 2.75) is 26.2 Å². The first kappa shape index (κ1) is 10.2. The molecule has 3 fully saturated rings. The van der Waals surface area contributed by atoms with Gasteiger partial charge in [0.25, 0.3) is 0 Å². The van der Waals surface area contributed by atoms with Gasteiger partial charge in [0.15, 0.2) is 0 Å². The van der Waals surface area contributed by atoms with Crippen molar-refractivity contribution in [3.8, 4) is 0 Å². The predicted molar refractivity (Wildman–Crippen MR) is 64.1 cm³/mol. The summed E-state index contributed by atoms with van der Waals surface area (Å²) in [4.78, 5) is 12.1. The van der Waals surface area contributed by atoms with Crippen molar-refractivity contribution in [2.24, 2.45) is 40.9 Å². The van der Waals surface area contributed by atoms with Crippen LogP contribution in [0.2, 0.25) is 0 Å². The summed E-state index contributed by atoms with van der Waals surface area (Å²) in [5.74, 6) is 4.70. The van der Waals surface area contributed by atoms with Gasteiger partial charge in [-0.1, -0.05) is 12.2 Å². The lowest BCUT2D eigenvalue weighted by Crippen LogP contribution is -2.42. The van der Waals surface area contributed by atoms with Crippen molar-refractivity contribution in [1.29, 1.82) is 0 Å². The Morgan fingerprint density at radius 2 is 1.94 bits per heavy atom. The van der Waals surface area contributed by atoms with Crippen LogP contribution in [0.15, 0.2) is 12.2 Å². The minimum absolute atomic E-state index is 0.0372. The molecule has 17 heavy (non-hydrogen) atoms. The number of allylic oxidation sites excluding steroid dienone is 2. The molecule has 2 nitrogen and oxygen atoms in total. The molecule has 0 radical (unpaired) electrons. The summed E-state index contributed by atoms with van der Waals surface area (Å²) in [7, 11) is 1.54. The summed E-state index contributed by atoms with van der Waals surface area (Å²) in [5, 5.41) is 0. The standard InChI is InChI=1S/C15H20O2/c1-15(14(16)17-2)7-10-6-11(15)13-9-4-3-8(5-9)12(10)13/h3-4,8-13H,5-7H2,1-2H3/t8-,9+,10-,11?,12?,13?,15?/m0/s1. The van der Waals surface area contributed by atoms with E-state index in [-0.39, 0.29) is 11.4 Å². The molecule has 0 amide bonds. The summed E-state index contributed by atoms with van der Waals surface area (Å²) in [6, 6.07) is 0. The third kappa shape index (κ3) is 1.01. The van der Waals surface area contributed by atoms with Gasteiger partial charge in [-0.3, -0.25) is 4.79 Å². The molecule has 4 aliphatic carbocycles. The summed E-state index contributed by atoms with van der Waals surface area (Å²) in [5.41, 5.74) is -0.182. The smallest absolute Gasteiger partial charge is 0.311 e. The number of ether oxygens (including phenoxy) is 1. The molecule has 0 aromatic heterocycles. The maximum Gasteiger partial charge on any atom is 0.311 e. The van der Waals surface area contributed by atoms with Gasteiger partial charge in [0.1, 0.15) is 0 Å². The highest BCUT2D eigenvalue weighted by Crippen LogP contribution is 2.70. The van der Waals surface area contributed by atoms with Gasteiger partial charge in [-0.05, 0) is 61.7 Å². The maximum atomic E-state index is 12.1. The normalized spacial score (nSPS) is 57.5. The van der Waals surface area contributed by atoms with E-state index in [2.05, 4.69) is 19.1 Å². The second-order valence-electron chi connectivity index (χ2n) is 6.82. The fourth-order valence-corrected chi connectivity index (χ4v) is 5.84. The van der Waals surface area contributed by atoms with Crippen LogP contribution in [0.5, 0.6) is 0 Å². The first-order valence-electron chi connectivity index (χ1n) is 6.92. The highest BCUT2D eigenvalue weighted by molar-refractivity contribution is 5.77. The van der Waals surface area contributed by atoms with Gasteiger partial charge < -0.3 is 4.74 Å². The van der Waals surface area contributed by atoms with E-state index in [4.69, 9.17) is 4.74 Å². The molecule has 0 heterocycles. The van der Waals surface area contributed by atoms with Crippen LogP contribution < -0.4 is 0 Å². The Morgan fingerprint density at radius 1 is 1.24 bits per heavy atom. The van der Waals surface area contributed by atoms with Crippen LogP contribution in [-0.4, -0.2) is 13.1 Å². The zero-order chi connectivity index (χ0) is 11.8. The van der Waals surface area contributed by atoms with Gasteiger partial charge in [-0.15, -0.1) is 0 Å². The average Bonchev–Trinajstić information content (AvgIpc) is 3.03. The number of carbonyl (C=O) groups excluding carboxylic acids is 1. The highest BCUT2D eigenvalue weighted by Gasteiger charge is 2.66. The van der Waals surface area contributed by atoms with Crippen LogP contribution in [0.4, 0.5) is 0 Å². The lowest BCUT2D eigenvalue weighted by Gasteiger charge is -2.41. The van der Waals surface area contributed by atoms with Gasteiger partial charge in [0.05, 0.1) is 12.5 Å². The molecule has 0 saturated heterocycles. The molecule has 4 aliphatic rings. The first-order chi connectivity index (χ1) is 8.15. The van der Waals surface area contributed by atoms with Crippen molar-refractivity contribution >= 4 is 5.97 Å². The highest BCUT2D eigenvalue weighted by atomic mass is 16.5. The average molecular weight is 232 g/mol. The van der Waals surface area contributed by atoms with Crippen molar-refractivity contribution < 1.29 is 9.53 Å². The molecular weight excluding hydrogens is 212 g/mol. The fourth-order valence-electron chi connectivity index (χ4n) is 5.84. The zero-order valence-electron chi connectivity index (χ0n) is 10.6. The topological polar surface area (TPSA) is 26.3 Å². The van der Waals surface area contributed by atoms with Gasteiger partial charge >= 0.3 is 5.97 Å². The molecule has 4 bridgehead atoms. The van der Waals surface area contributed by atoms with E-state index >= 15 is 0 Å². The molecule has 3 saturated carbocycles. The molecule has 0 aromatic rings. The maximum absolute atomic E-state index is 12.1. The van der Waals surface area contributed by atoms with Crippen LogP contribution in [0.1, 0.15) is 26.2 Å². The molecule has 7 atom stereocenters. The van der Waals surface area contributed by atoms with Gasteiger partial charge in [0.2, 0.25) is 0 Å². The van der Waals surface area contributed by atoms with E-state index in [9.17, 15) is 4.79 Å². The van der Waals surface area contributed by atoms with E-state index in [1.807, 2.05) is 0 Å². The first-order valence-corrected chi connectivity index (χ1v) is 6.92. The lowest BCUT2D eigenvalue weighted by atomic mass is 9.63. The summed E-state index contributed by atoms with van der Waals surface area (Å²) >= 11 is 0. The number of methoxy groups -OCH3 is 1. The molecule has 0 N–H and O–H groups in total. The SMILES string of the molecule is COC(=O)C1(C)C[C@@H]2CC1C1C2[C@H]2C=C[C@@H]1C2. The van der Waals surface area contributed by atoms with Crippen LogP contribution in [0.25, 0.3) is 0 Å². The number of esters is 1. The van der Waals surface area contributed by atoms with Crippen molar-refractivity contribution in [3.05, 3.63) is 12.2 Å². The minimum Gasteiger partial charge on any atom is -0.469 e. The van der Waals surface area contributed by atoms with E-state index in [1.54, 1.807) is 0 Å². The third-order valence-corrected chi connectivity index (χ3v) is 6.30. The van der Waals surface area contributed by atoms with Crippen LogP contribution in [-0.2, 0) is 9.53 Å². The Balaban J connectivity index is 1.71. The Hall–Kier alpha value is -0.790. The largest absolute Gasteiger partial charge is 0.469 e. The summed E-state index contributed by atoms with van der Waals surface area (Å²) < 4.78 is 5.06. The number of fused-ring (bicyclic) bond motifs is 9. The monoisotopic (exact) mass is 232 g/mol. The van der Waals surface area contributed by atoms with E-state index in [0.717, 1.165) is 36.0 Å². The molecule has 92 valence electrons. The fraction of sp³-hybridized carbons (Fsp3) is 0.800. The summed E-state index contributed by atoms with van der Waals surface area (Å²) in [6.45, 7) is 2.15. The van der Waals surface area contributed by atoms with E-state index in [1.165, 1.54) is 20.0 Å². The second-order valence-corrected chi connectivity index (χ2v) is 6.82. The lowest BCUT2D eigenvalue weighted by molar-refractivity contribution is -0.157. The van der Waals surface area contributed by atoms with Gasteiger partial charge in [-0.2, -0.15) is 0 Å². The van der Waals surface area contributed by atoms with Crippen LogP contribution in [0.3, 0.4) is 0 Å². The minimum atomic E-state index is -0.182. The van der Waals surface area contributed by atoms with Crippen molar-refractivity contribution in [2.75, 3.05) is 7.11 Å². The number of carbonyl (C=O) groups is 1. The quantitative estimate of drug-likeness (QED) is 0.395. The second kappa shape index (κ2) is 2.96. The Kier molecular flexibility index (Phi) is 1.77. The molecule has 2 heteroatoms. The number of hydrogen-bond donors (Lipinski definition) is 0. The predicted octanol–water partition coefficient (Wildman–Crippen LogP) is 2.64. The molecule has 4 unspecified atom stereocenters. The van der Waals surface area contributed by atoms with Crippen LogP contribution in [0, 0.1) is 40.9 Å². The molecular formula is C15H20O2. The molecule has 0 spiro atoms. The van der Waals surface area contributed by atoms with E-state index < -0.39 is 0 Å². The van der Waals surface area contributed by atoms with E-state index in [0.29, 0.717) is 5.92 Å². The third-order valence-electron chi connectivity index (χ3n) is 6.30. The zero-order valence-corrected chi connectivity index (χ0v) is 10.6. The Labute approximate surface area is 102 Å². The Morgan fingerprint density at radius 3 is 2.65 bits per heavy atom. The molecule has 0 aromatic carbocycles. The van der Waals surface area contributed by atoms with Gasteiger partial charge in [-0.25, -0.2) is 0 Å². The van der Waals surface area contributed by atoms with Crippen molar-refractivity contribution in [3.63, 3.8) is 0 Å². The summed E-state index contributed by atoms with van der Waals surface area (Å²) in [6.07, 6.45) is 8.57. The molecule has 4 rings (SSSR count). The number of rotatable bonds is 1. The van der Waals surface area contributed by atoms with Gasteiger partial charge in [0, 0.05) is 0 Å². The number of hydrogen-bond acceptors (Lipinski definition) is 2. The van der Waals surface area contributed by atoms with Crippen LogP contribution >= 0.6 is 0 Å².